The highest BCUT2D eigenvalue weighted by Gasteiger charge is 2.22. The van der Waals surface area contributed by atoms with E-state index in [4.69, 9.17) is 16.9 Å². The van der Waals surface area contributed by atoms with E-state index in [9.17, 15) is 8.78 Å². The van der Waals surface area contributed by atoms with Crippen molar-refractivity contribution in [2.45, 2.75) is 19.4 Å². The minimum Gasteiger partial charge on any atom is -0.299 e. The van der Waals surface area contributed by atoms with Gasteiger partial charge < -0.3 is 0 Å². The van der Waals surface area contributed by atoms with Crippen molar-refractivity contribution in [1.82, 2.24) is 19.7 Å². The van der Waals surface area contributed by atoms with Crippen molar-refractivity contribution in [2.75, 3.05) is 13.1 Å². The summed E-state index contributed by atoms with van der Waals surface area (Å²) < 4.78 is 29.5. The predicted molar refractivity (Wildman–Crippen MR) is 105 cm³/mol. The zero-order valence-electron chi connectivity index (χ0n) is 15.5. The SMILES string of the molecule is N#CC1CCN(Cc2cn(-c3ccc(Cl)cn3)nc2-c2ccc(F)cc2F)CC1. The molecule has 1 saturated heterocycles. The minimum absolute atomic E-state index is 0.0845. The molecule has 0 aliphatic carbocycles. The van der Waals surface area contributed by atoms with Gasteiger partial charge in [0.05, 0.1) is 11.1 Å². The van der Waals surface area contributed by atoms with E-state index in [2.05, 4.69) is 21.1 Å². The van der Waals surface area contributed by atoms with Crippen molar-refractivity contribution in [3.8, 4) is 23.1 Å². The van der Waals surface area contributed by atoms with E-state index < -0.39 is 11.6 Å². The van der Waals surface area contributed by atoms with Crippen LogP contribution in [0.2, 0.25) is 5.02 Å². The molecule has 0 N–H and O–H groups in total. The molecule has 0 unspecified atom stereocenters. The van der Waals surface area contributed by atoms with Gasteiger partial charge in [0.15, 0.2) is 5.82 Å². The van der Waals surface area contributed by atoms with Crippen molar-refractivity contribution in [1.29, 1.82) is 5.26 Å². The first-order chi connectivity index (χ1) is 14.0. The fourth-order valence-electron chi connectivity index (χ4n) is 3.52. The average Bonchev–Trinajstić information content (AvgIpc) is 3.12. The lowest BCUT2D eigenvalue weighted by Crippen LogP contribution is -2.32. The topological polar surface area (TPSA) is 57.7 Å². The van der Waals surface area contributed by atoms with E-state index in [1.807, 2.05) is 6.20 Å². The van der Waals surface area contributed by atoms with Crippen molar-refractivity contribution in [2.24, 2.45) is 5.92 Å². The highest BCUT2D eigenvalue weighted by atomic mass is 35.5. The molecule has 1 aliphatic rings. The molecule has 0 saturated carbocycles. The number of piperidine rings is 1. The van der Waals surface area contributed by atoms with Crippen LogP contribution >= 0.6 is 11.6 Å². The largest absolute Gasteiger partial charge is 0.299 e. The molecule has 0 atom stereocenters. The number of hydrogen-bond donors (Lipinski definition) is 0. The molecule has 1 aromatic carbocycles. The number of nitriles is 1. The van der Waals surface area contributed by atoms with Crippen molar-refractivity contribution in [3.05, 3.63) is 64.9 Å². The van der Waals surface area contributed by atoms with Crippen LogP contribution in [0.4, 0.5) is 8.78 Å². The summed E-state index contributed by atoms with van der Waals surface area (Å²) in [4.78, 5) is 6.48. The third-order valence-corrected chi connectivity index (χ3v) is 5.31. The van der Waals surface area contributed by atoms with Gasteiger partial charge in [-0.05, 0) is 50.2 Å². The lowest BCUT2D eigenvalue weighted by atomic mass is 9.98. The van der Waals surface area contributed by atoms with Crippen LogP contribution in [0.3, 0.4) is 0 Å². The van der Waals surface area contributed by atoms with Crippen LogP contribution < -0.4 is 0 Å². The van der Waals surface area contributed by atoms with Crippen LogP contribution in [-0.4, -0.2) is 32.8 Å². The highest BCUT2D eigenvalue weighted by Crippen LogP contribution is 2.29. The normalized spacial score (nSPS) is 15.4. The molecule has 0 amide bonds. The van der Waals surface area contributed by atoms with Gasteiger partial charge in [0.2, 0.25) is 0 Å². The monoisotopic (exact) mass is 413 g/mol. The first-order valence-corrected chi connectivity index (χ1v) is 9.69. The fourth-order valence-corrected chi connectivity index (χ4v) is 3.63. The maximum absolute atomic E-state index is 14.5. The van der Waals surface area contributed by atoms with E-state index in [1.165, 1.54) is 18.3 Å². The second-order valence-corrected chi connectivity index (χ2v) is 7.52. The van der Waals surface area contributed by atoms with Gasteiger partial charge in [-0.1, -0.05) is 11.6 Å². The maximum atomic E-state index is 14.5. The Morgan fingerprint density at radius 2 is 1.97 bits per heavy atom. The molecule has 4 rings (SSSR count). The molecular formula is C21H18ClF2N5. The molecule has 0 bridgehead atoms. The third kappa shape index (κ3) is 4.29. The quantitative estimate of drug-likeness (QED) is 0.627. The summed E-state index contributed by atoms with van der Waals surface area (Å²) >= 11 is 5.91. The molecule has 3 aromatic rings. The number of rotatable bonds is 4. The van der Waals surface area contributed by atoms with E-state index in [0.717, 1.165) is 37.6 Å². The summed E-state index contributed by atoms with van der Waals surface area (Å²) in [7, 11) is 0. The summed E-state index contributed by atoms with van der Waals surface area (Å²) in [5, 5.41) is 14.1. The molecule has 8 heteroatoms. The van der Waals surface area contributed by atoms with Crippen molar-refractivity contribution < 1.29 is 8.78 Å². The van der Waals surface area contributed by atoms with Crippen LogP contribution in [0, 0.1) is 28.9 Å². The number of likely N-dealkylation sites (tertiary alicyclic amines) is 1. The van der Waals surface area contributed by atoms with Crippen molar-refractivity contribution in [3.63, 3.8) is 0 Å². The molecule has 29 heavy (non-hydrogen) atoms. The van der Waals surface area contributed by atoms with Gasteiger partial charge in [-0.15, -0.1) is 0 Å². The van der Waals surface area contributed by atoms with Crippen LogP contribution in [-0.2, 0) is 6.54 Å². The number of benzene rings is 1. The summed E-state index contributed by atoms with van der Waals surface area (Å²) in [6.07, 6.45) is 4.95. The lowest BCUT2D eigenvalue weighted by Gasteiger charge is -2.28. The molecule has 3 heterocycles. The first kappa shape index (κ1) is 19.5. The lowest BCUT2D eigenvalue weighted by molar-refractivity contribution is 0.198. The Balaban J connectivity index is 1.70. The smallest absolute Gasteiger partial charge is 0.153 e. The van der Waals surface area contributed by atoms with Crippen LogP contribution in [0.1, 0.15) is 18.4 Å². The van der Waals surface area contributed by atoms with Crippen LogP contribution in [0.15, 0.2) is 42.7 Å². The minimum atomic E-state index is -0.663. The highest BCUT2D eigenvalue weighted by molar-refractivity contribution is 6.30. The molecule has 148 valence electrons. The molecule has 1 aliphatic heterocycles. The Labute approximate surface area is 172 Å². The fraction of sp³-hybridized carbons (Fsp3) is 0.286. The second-order valence-electron chi connectivity index (χ2n) is 7.09. The Kier molecular flexibility index (Phi) is 5.56. The standard InChI is InChI=1S/C21H18ClF2N5/c22-16-1-4-20(26-11-16)29-13-15(12-28-7-5-14(10-25)6-8-28)21(27-29)18-3-2-17(23)9-19(18)24/h1-4,9,11,13-14H,5-8,12H2. The molecular weight excluding hydrogens is 396 g/mol. The molecule has 0 radical (unpaired) electrons. The van der Waals surface area contributed by atoms with Gasteiger partial charge >= 0.3 is 0 Å². The number of halogens is 3. The first-order valence-electron chi connectivity index (χ1n) is 9.31. The van der Waals surface area contributed by atoms with Gasteiger partial charge in [-0.2, -0.15) is 10.4 Å². The molecule has 0 spiro atoms. The number of pyridine rings is 1. The van der Waals surface area contributed by atoms with Gasteiger partial charge in [0.25, 0.3) is 0 Å². The van der Waals surface area contributed by atoms with Crippen LogP contribution in [0.5, 0.6) is 0 Å². The Bertz CT molecular complexity index is 1050. The second kappa shape index (κ2) is 8.27. The summed E-state index contributed by atoms with van der Waals surface area (Å²) in [5.74, 6) is -0.664. The molecule has 2 aromatic heterocycles. The maximum Gasteiger partial charge on any atom is 0.153 e. The average molecular weight is 414 g/mol. The molecule has 1 fully saturated rings. The summed E-state index contributed by atoms with van der Waals surface area (Å²) in [6.45, 7) is 2.12. The summed E-state index contributed by atoms with van der Waals surface area (Å²) in [5.41, 5.74) is 1.49. The Hall–Kier alpha value is -2.82. The van der Waals surface area contributed by atoms with E-state index in [-0.39, 0.29) is 11.5 Å². The van der Waals surface area contributed by atoms with Crippen molar-refractivity contribution >= 4 is 11.6 Å². The zero-order valence-corrected chi connectivity index (χ0v) is 16.3. The third-order valence-electron chi connectivity index (χ3n) is 5.09. The molecule has 5 nitrogen and oxygen atoms in total. The number of aromatic nitrogens is 3. The van der Waals surface area contributed by atoms with E-state index in [0.29, 0.717) is 23.1 Å². The predicted octanol–water partition coefficient (Wildman–Crippen LogP) is 4.60. The Morgan fingerprint density at radius 1 is 1.17 bits per heavy atom. The van der Waals surface area contributed by atoms with Gasteiger partial charge in [-0.25, -0.2) is 18.4 Å². The van der Waals surface area contributed by atoms with Gasteiger partial charge in [0.1, 0.15) is 17.3 Å². The van der Waals surface area contributed by atoms with Gasteiger partial charge in [0, 0.05) is 42.0 Å². The van der Waals surface area contributed by atoms with E-state index in [1.54, 1.807) is 16.8 Å². The number of nitrogens with zero attached hydrogens (tertiary/aromatic N) is 5. The Morgan fingerprint density at radius 3 is 2.62 bits per heavy atom. The van der Waals surface area contributed by atoms with Gasteiger partial charge in [-0.3, -0.25) is 4.90 Å². The zero-order chi connectivity index (χ0) is 20.4. The summed E-state index contributed by atoms with van der Waals surface area (Å²) in [6, 6.07) is 9.23. The van der Waals surface area contributed by atoms with Crippen LogP contribution in [0.25, 0.3) is 17.1 Å². The van der Waals surface area contributed by atoms with E-state index >= 15 is 0 Å². The number of hydrogen-bond acceptors (Lipinski definition) is 4.